The van der Waals surface area contributed by atoms with Crippen LogP contribution in [0.15, 0.2) is 30.3 Å². The fraction of sp³-hybridized carbons (Fsp3) is 0.368. The minimum Gasteiger partial charge on any atom is -0.490 e. The number of hydrogen-bond donors (Lipinski definition) is 1. The van der Waals surface area contributed by atoms with Gasteiger partial charge >= 0.3 is 0 Å². The molecule has 1 aliphatic heterocycles. The molecule has 1 aliphatic rings. The monoisotopic (exact) mass is 363 g/mol. The predicted octanol–water partition coefficient (Wildman–Crippen LogP) is 4.16. The summed E-state index contributed by atoms with van der Waals surface area (Å²) in [6, 6.07) is 9.82. The molecule has 0 saturated carbocycles. The number of nitrogens with one attached hydrogen (secondary N) is 1. The molecule has 0 amide bonds. The van der Waals surface area contributed by atoms with Crippen molar-refractivity contribution in [2.24, 2.45) is 0 Å². The second kappa shape index (κ2) is 8.32. The van der Waals surface area contributed by atoms with E-state index in [1.807, 2.05) is 44.2 Å². The number of hydrogen-bond acceptors (Lipinski definition) is 5. The molecule has 0 radical (unpaired) electrons. The van der Waals surface area contributed by atoms with Crippen LogP contribution < -0.4 is 24.3 Å². The summed E-state index contributed by atoms with van der Waals surface area (Å²) >= 11 is 6.35. The first-order valence-electron chi connectivity index (χ1n) is 8.38. The largest absolute Gasteiger partial charge is 0.490 e. The van der Waals surface area contributed by atoms with Crippen LogP contribution in [0.2, 0.25) is 5.02 Å². The lowest BCUT2D eigenvalue weighted by atomic mass is 10.1. The van der Waals surface area contributed by atoms with E-state index in [-0.39, 0.29) is 6.79 Å². The molecule has 0 saturated heterocycles. The van der Waals surface area contributed by atoms with Gasteiger partial charge in [-0.05, 0) is 49.2 Å². The minimum absolute atomic E-state index is 0.289. The molecule has 0 unspecified atom stereocenters. The highest BCUT2D eigenvalue weighted by atomic mass is 35.5. The van der Waals surface area contributed by atoms with Crippen LogP contribution in [0, 0.1) is 0 Å². The van der Waals surface area contributed by atoms with Crippen LogP contribution in [0.4, 0.5) is 0 Å². The Labute approximate surface area is 152 Å². The third-order valence-corrected chi connectivity index (χ3v) is 4.03. The van der Waals surface area contributed by atoms with Gasteiger partial charge in [0, 0.05) is 13.1 Å². The fourth-order valence-corrected chi connectivity index (χ4v) is 2.96. The van der Waals surface area contributed by atoms with Crippen molar-refractivity contribution in [2.45, 2.75) is 26.9 Å². The zero-order chi connectivity index (χ0) is 17.6. The highest BCUT2D eigenvalue weighted by Crippen LogP contribution is 2.37. The highest BCUT2D eigenvalue weighted by molar-refractivity contribution is 6.32. The second-order valence-electron chi connectivity index (χ2n) is 5.56. The number of rotatable bonds is 8. The van der Waals surface area contributed by atoms with Gasteiger partial charge in [0.15, 0.2) is 23.0 Å². The van der Waals surface area contributed by atoms with Crippen molar-refractivity contribution in [3.63, 3.8) is 0 Å². The SMILES string of the molecule is CCOc1cc(CNCc2ccc3c(c2)OCO3)cc(Cl)c1OCC. The molecule has 6 heteroatoms. The predicted molar refractivity (Wildman–Crippen MR) is 96.9 cm³/mol. The Morgan fingerprint density at radius 1 is 0.960 bits per heavy atom. The van der Waals surface area contributed by atoms with Crippen molar-refractivity contribution in [2.75, 3.05) is 20.0 Å². The van der Waals surface area contributed by atoms with Crippen LogP contribution in [0.5, 0.6) is 23.0 Å². The highest BCUT2D eigenvalue weighted by Gasteiger charge is 2.14. The van der Waals surface area contributed by atoms with E-state index in [4.69, 9.17) is 30.5 Å². The van der Waals surface area contributed by atoms with Crippen LogP contribution in [0.3, 0.4) is 0 Å². The van der Waals surface area contributed by atoms with Gasteiger partial charge in [-0.3, -0.25) is 0 Å². The Kier molecular flexibility index (Phi) is 5.89. The first kappa shape index (κ1) is 17.7. The van der Waals surface area contributed by atoms with Crippen LogP contribution in [-0.2, 0) is 13.1 Å². The second-order valence-corrected chi connectivity index (χ2v) is 5.97. The van der Waals surface area contributed by atoms with E-state index in [0.29, 0.717) is 42.8 Å². The van der Waals surface area contributed by atoms with Gasteiger partial charge in [0.1, 0.15) is 0 Å². The molecule has 0 atom stereocenters. The Bertz CT molecular complexity index is 736. The first-order valence-corrected chi connectivity index (χ1v) is 8.76. The summed E-state index contributed by atoms with van der Waals surface area (Å²) < 4.78 is 22.0. The van der Waals surface area contributed by atoms with E-state index < -0.39 is 0 Å². The number of ether oxygens (including phenoxy) is 4. The molecule has 0 fully saturated rings. The van der Waals surface area contributed by atoms with Gasteiger partial charge in [-0.2, -0.15) is 0 Å². The lowest BCUT2D eigenvalue weighted by Crippen LogP contribution is -2.13. The lowest BCUT2D eigenvalue weighted by Gasteiger charge is -2.14. The van der Waals surface area contributed by atoms with Crippen molar-refractivity contribution < 1.29 is 18.9 Å². The zero-order valence-corrected chi connectivity index (χ0v) is 15.2. The molecule has 134 valence electrons. The molecule has 3 rings (SSSR count). The maximum absolute atomic E-state index is 6.35. The van der Waals surface area contributed by atoms with Gasteiger partial charge in [0.05, 0.1) is 18.2 Å². The van der Waals surface area contributed by atoms with E-state index >= 15 is 0 Å². The quantitative estimate of drug-likeness (QED) is 0.763. The van der Waals surface area contributed by atoms with Crippen molar-refractivity contribution in [1.29, 1.82) is 0 Å². The van der Waals surface area contributed by atoms with Crippen molar-refractivity contribution in [3.8, 4) is 23.0 Å². The van der Waals surface area contributed by atoms with Crippen molar-refractivity contribution >= 4 is 11.6 Å². The number of fused-ring (bicyclic) bond motifs is 1. The first-order chi connectivity index (χ1) is 12.2. The van der Waals surface area contributed by atoms with Gasteiger partial charge in [-0.25, -0.2) is 0 Å². The van der Waals surface area contributed by atoms with Crippen LogP contribution in [-0.4, -0.2) is 20.0 Å². The molecule has 0 bridgehead atoms. The molecule has 1 N–H and O–H groups in total. The van der Waals surface area contributed by atoms with Crippen molar-refractivity contribution in [1.82, 2.24) is 5.32 Å². The maximum atomic E-state index is 6.35. The van der Waals surface area contributed by atoms with Gasteiger partial charge in [0.25, 0.3) is 0 Å². The summed E-state index contributed by atoms with van der Waals surface area (Å²) in [5.74, 6) is 2.87. The Morgan fingerprint density at radius 2 is 1.72 bits per heavy atom. The van der Waals surface area contributed by atoms with Crippen molar-refractivity contribution in [3.05, 3.63) is 46.5 Å². The van der Waals surface area contributed by atoms with Gasteiger partial charge in [-0.15, -0.1) is 0 Å². The Balaban J connectivity index is 1.64. The molecule has 0 aliphatic carbocycles. The van der Waals surface area contributed by atoms with E-state index in [0.717, 1.165) is 22.6 Å². The summed E-state index contributed by atoms with van der Waals surface area (Å²) in [5, 5.41) is 3.97. The average Bonchev–Trinajstić information content (AvgIpc) is 3.06. The smallest absolute Gasteiger partial charge is 0.231 e. The Morgan fingerprint density at radius 3 is 2.52 bits per heavy atom. The van der Waals surface area contributed by atoms with Crippen LogP contribution in [0.25, 0.3) is 0 Å². The number of halogens is 1. The summed E-state index contributed by atoms with van der Waals surface area (Å²) in [6.07, 6.45) is 0. The summed E-state index contributed by atoms with van der Waals surface area (Å²) in [5.41, 5.74) is 2.17. The molecule has 5 nitrogen and oxygen atoms in total. The zero-order valence-electron chi connectivity index (χ0n) is 14.4. The Hall–Kier alpha value is -2.11. The van der Waals surface area contributed by atoms with Gasteiger partial charge in [0.2, 0.25) is 6.79 Å². The van der Waals surface area contributed by atoms with Crippen LogP contribution in [0.1, 0.15) is 25.0 Å². The summed E-state index contributed by atoms with van der Waals surface area (Å²) in [4.78, 5) is 0. The lowest BCUT2D eigenvalue weighted by molar-refractivity contribution is 0.174. The molecule has 0 spiro atoms. The van der Waals surface area contributed by atoms with E-state index in [1.165, 1.54) is 0 Å². The number of benzene rings is 2. The minimum atomic E-state index is 0.289. The molecule has 1 heterocycles. The summed E-state index contributed by atoms with van der Waals surface area (Å²) in [7, 11) is 0. The van der Waals surface area contributed by atoms with Gasteiger partial charge in [-0.1, -0.05) is 17.7 Å². The fourth-order valence-electron chi connectivity index (χ4n) is 2.67. The van der Waals surface area contributed by atoms with Gasteiger partial charge < -0.3 is 24.3 Å². The molecule has 2 aromatic rings. The molecule has 0 aromatic heterocycles. The standard InChI is InChI=1S/C19H22ClNO4/c1-3-22-18-9-14(7-15(20)19(18)23-4-2)11-21-10-13-5-6-16-17(8-13)25-12-24-16/h5-9,21H,3-4,10-12H2,1-2H3. The van der Waals surface area contributed by atoms with E-state index in [2.05, 4.69) is 5.32 Å². The molecule has 2 aromatic carbocycles. The maximum Gasteiger partial charge on any atom is 0.231 e. The third-order valence-electron chi connectivity index (χ3n) is 3.75. The third kappa shape index (κ3) is 4.30. The average molecular weight is 364 g/mol. The summed E-state index contributed by atoms with van der Waals surface area (Å²) in [6.45, 7) is 6.64. The molecular weight excluding hydrogens is 342 g/mol. The van der Waals surface area contributed by atoms with Crippen LogP contribution >= 0.6 is 11.6 Å². The molecule has 25 heavy (non-hydrogen) atoms. The van der Waals surface area contributed by atoms with E-state index in [1.54, 1.807) is 0 Å². The normalized spacial score (nSPS) is 12.3. The van der Waals surface area contributed by atoms with E-state index in [9.17, 15) is 0 Å². The topological polar surface area (TPSA) is 49.0 Å². The molecular formula is C19H22ClNO4.